The van der Waals surface area contributed by atoms with Gasteiger partial charge in [0.05, 0.1) is 11.5 Å². The molecule has 0 aliphatic heterocycles. The van der Waals surface area contributed by atoms with Crippen LogP contribution < -0.4 is 10.2 Å². The highest BCUT2D eigenvalue weighted by Gasteiger charge is 2.14. The number of nitrogens with one attached hydrogen (secondary N) is 1. The average molecular weight is 356 g/mol. The molecule has 2 aromatic carbocycles. The zero-order chi connectivity index (χ0) is 18.2. The van der Waals surface area contributed by atoms with Crippen LogP contribution in [0.25, 0.3) is 0 Å². The first-order chi connectivity index (χ1) is 12.0. The van der Waals surface area contributed by atoms with Crippen molar-refractivity contribution in [3.8, 4) is 0 Å². The summed E-state index contributed by atoms with van der Waals surface area (Å²) in [4.78, 5) is 26.2. The summed E-state index contributed by atoms with van der Waals surface area (Å²) in [6.07, 6.45) is 0. The number of carbonyl (C=O) groups excluding carboxylic acids is 2. The van der Waals surface area contributed by atoms with Gasteiger partial charge in [-0.2, -0.15) is 0 Å². The van der Waals surface area contributed by atoms with Gasteiger partial charge in [-0.25, -0.2) is 0 Å². The summed E-state index contributed by atoms with van der Waals surface area (Å²) in [5.41, 5.74) is 3.94. The van der Waals surface area contributed by atoms with Crippen LogP contribution in [-0.4, -0.2) is 29.9 Å². The summed E-state index contributed by atoms with van der Waals surface area (Å²) in [6.45, 7) is 6.57. The zero-order valence-electron chi connectivity index (χ0n) is 14.9. The molecule has 0 saturated heterocycles. The minimum atomic E-state index is -0.0970. The van der Waals surface area contributed by atoms with Crippen LogP contribution in [0.5, 0.6) is 0 Å². The summed E-state index contributed by atoms with van der Waals surface area (Å²) in [7, 11) is 0. The number of thioether (sulfide) groups is 1. The number of benzene rings is 2. The second kappa shape index (κ2) is 9.28. The Hall–Kier alpha value is -2.27. The lowest BCUT2D eigenvalue weighted by atomic mass is 10.2. The topological polar surface area (TPSA) is 49.4 Å². The van der Waals surface area contributed by atoms with E-state index in [4.69, 9.17) is 0 Å². The molecule has 2 amide bonds. The van der Waals surface area contributed by atoms with Crippen LogP contribution in [0.1, 0.15) is 18.1 Å². The van der Waals surface area contributed by atoms with Gasteiger partial charge in [0.25, 0.3) is 0 Å². The largest absolute Gasteiger partial charge is 0.325 e. The van der Waals surface area contributed by atoms with Gasteiger partial charge < -0.3 is 10.2 Å². The fourth-order valence-electron chi connectivity index (χ4n) is 2.44. The smallest absolute Gasteiger partial charge is 0.236 e. The SMILES string of the molecule is CCN(C(=O)CSCC(=O)Nc1ccc(C)cc1)c1cccc(C)c1. The molecule has 2 rings (SSSR count). The van der Waals surface area contributed by atoms with Crippen LogP contribution in [0.2, 0.25) is 0 Å². The highest BCUT2D eigenvalue weighted by atomic mass is 32.2. The van der Waals surface area contributed by atoms with Crippen molar-refractivity contribution >= 4 is 35.0 Å². The molecule has 0 aliphatic carbocycles. The number of aryl methyl sites for hydroxylation is 2. The quantitative estimate of drug-likeness (QED) is 0.815. The minimum Gasteiger partial charge on any atom is -0.325 e. The Morgan fingerprint density at radius 1 is 1.00 bits per heavy atom. The standard InChI is InChI=1S/C20H24N2O2S/c1-4-22(18-7-5-6-16(3)12-18)20(24)14-25-13-19(23)21-17-10-8-15(2)9-11-17/h5-12H,4,13-14H2,1-3H3,(H,21,23). The highest BCUT2D eigenvalue weighted by Crippen LogP contribution is 2.17. The van der Waals surface area contributed by atoms with Crippen molar-refractivity contribution in [1.29, 1.82) is 0 Å². The molecule has 0 aromatic heterocycles. The molecule has 0 radical (unpaired) electrons. The summed E-state index contributed by atoms with van der Waals surface area (Å²) in [5, 5.41) is 2.84. The third-order valence-electron chi connectivity index (χ3n) is 3.72. The van der Waals surface area contributed by atoms with E-state index in [2.05, 4.69) is 5.32 Å². The molecular formula is C20H24N2O2S. The van der Waals surface area contributed by atoms with Crippen LogP contribution in [0, 0.1) is 13.8 Å². The number of anilines is 2. The van der Waals surface area contributed by atoms with Gasteiger partial charge in [-0.3, -0.25) is 9.59 Å². The second-order valence-corrected chi connectivity index (χ2v) is 6.87. The minimum absolute atomic E-state index is 0.0150. The van der Waals surface area contributed by atoms with Gasteiger partial charge in [-0.1, -0.05) is 29.8 Å². The van der Waals surface area contributed by atoms with E-state index in [0.717, 1.165) is 22.5 Å². The number of hydrogen-bond acceptors (Lipinski definition) is 3. The Morgan fingerprint density at radius 3 is 2.36 bits per heavy atom. The number of amides is 2. The maximum atomic E-state index is 12.4. The highest BCUT2D eigenvalue weighted by molar-refractivity contribution is 8.00. The molecule has 0 bridgehead atoms. The predicted molar refractivity (Wildman–Crippen MR) is 106 cm³/mol. The van der Waals surface area contributed by atoms with E-state index in [9.17, 15) is 9.59 Å². The molecule has 0 aliphatic rings. The summed E-state index contributed by atoms with van der Waals surface area (Å²) < 4.78 is 0. The van der Waals surface area contributed by atoms with Crippen LogP contribution in [0.3, 0.4) is 0 Å². The Labute approximate surface area is 153 Å². The number of hydrogen-bond donors (Lipinski definition) is 1. The van der Waals surface area contributed by atoms with E-state index in [1.54, 1.807) is 4.90 Å². The first-order valence-electron chi connectivity index (χ1n) is 8.31. The molecular weight excluding hydrogens is 332 g/mol. The number of carbonyl (C=O) groups is 2. The third kappa shape index (κ3) is 5.94. The van der Waals surface area contributed by atoms with Crippen LogP contribution in [0.15, 0.2) is 48.5 Å². The molecule has 0 heterocycles. The van der Waals surface area contributed by atoms with Gasteiger partial charge in [0.2, 0.25) is 11.8 Å². The fraction of sp³-hybridized carbons (Fsp3) is 0.300. The van der Waals surface area contributed by atoms with Crippen molar-refractivity contribution in [2.24, 2.45) is 0 Å². The Morgan fingerprint density at radius 2 is 1.72 bits per heavy atom. The lowest BCUT2D eigenvalue weighted by Gasteiger charge is -2.21. The number of nitrogens with zero attached hydrogens (tertiary/aromatic N) is 1. The maximum absolute atomic E-state index is 12.4. The van der Waals surface area contributed by atoms with Gasteiger partial charge in [-0.05, 0) is 50.6 Å². The van der Waals surface area contributed by atoms with Crippen LogP contribution >= 0.6 is 11.8 Å². The van der Waals surface area contributed by atoms with Crippen molar-refractivity contribution in [2.75, 3.05) is 28.3 Å². The van der Waals surface area contributed by atoms with Crippen molar-refractivity contribution in [1.82, 2.24) is 0 Å². The zero-order valence-corrected chi connectivity index (χ0v) is 15.7. The van der Waals surface area contributed by atoms with Crippen molar-refractivity contribution < 1.29 is 9.59 Å². The van der Waals surface area contributed by atoms with E-state index in [0.29, 0.717) is 6.54 Å². The second-order valence-electron chi connectivity index (χ2n) is 5.88. The lowest BCUT2D eigenvalue weighted by Crippen LogP contribution is -2.32. The fourth-order valence-corrected chi connectivity index (χ4v) is 3.13. The molecule has 0 unspecified atom stereocenters. The first-order valence-corrected chi connectivity index (χ1v) is 9.46. The van der Waals surface area contributed by atoms with Crippen molar-refractivity contribution in [3.05, 3.63) is 59.7 Å². The molecule has 0 saturated carbocycles. The molecule has 4 nitrogen and oxygen atoms in total. The first kappa shape index (κ1) is 19.1. The Bertz CT molecular complexity index is 729. The van der Waals surface area contributed by atoms with Crippen molar-refractivity contribution in [2.45, 2.75) is 20.8 Å². The predicted octanol–water partition coefficient (Wildman–Crippen LogP) is 4.03. The molecule has 25 heavy (non-hydrogen) atoms. The molecule has 1 N–H and O–H groups in total. The van der Waals surface area contributed by atoms with Crippen molar-refractivity contribution in [3.63, 3.8) is 0 Å². The Balaban J connectivity index is 1.82. The number of rotatable bonds is 7. The van der Waals surface area contributed by atoms with Gasteiger partial charge in [-0.15, -0.1) is 11.8 Å². The van der Waals surface area contributed by atoms with E-state index in [1.165, 1.54) is 11.8 Å². The lowest BCUT2D eigenvalue weighted by molar-refractivity contribution is -0.116. The van der Waals surface area contributed by atoms with Gasteiger partial charge in [0.1, 0.15) is 0 Å². The molecule has 0 fully saturated rings. The average Bonchev–Trinajstić information content (AvgIpc) is 2.58. The van der Waals surface area contributed by atoms with E-state index < -0.39 is 0 Å². The van der Waals surface area contributed by atoms with Crippen LogP contribution in [0.4, 0.5) is 11.4 Å². The molecule has 5 heteroatoms. The third-order valence-corrected chi connectivity index (χ3v) is 4.64. The monoisotopic (exact) mass is 356 g/mol. The normalized spacial score (nSPS) is 10.4. The maximum Gasteiger partial charge on any atom is 0.236 e. The Kier molecular flexibility index (Phi) is 7.07. The summed E-state index contributed by atoms with van der Waals surface area (Å²) in [6, 6.07) is 15.5. The molecule has 132 valence electrons. The van der Waals surface area contributed by atoms with E-state index in [1.807, 2.05) is 69.3 Å². The molecule has 2 aromatic rings. The summed E-state index contributed by atoms with van der Waals surface area (Å²) >= 11 is 1.33. The molecule has 0 spiro atoms. The summed E-state index contributed by atoms with van der Waals surface area (Å²) in [5.74, 6) is 0.454. The van der Waals surface area contributed by atoms with E-state index >= 15 is 0 Å². The van der Waals surface area contributed by atoms with Crippen LogP contribution in [-0.2, 0) is 9.59 Å². The van der Waals surface area contributed by atoms with Gasteiger partial charge in [0.15, 0.2) is 0 Å². The van der Waals surface area contributed by atoms with Gasteiger partial charge in [0, 0.05) is 17.9 Å². The molecule has 0 atom stereocenters. The van der Waals surface area contributed by atoms with Gasteiger partial charge >= 0.3 is 0 Å². The van der Waals surface area contributed by atoms with E-state index in [-0.39, 0.29) is 23.3 Å².